The first-order valence-electron chi connectivity index (χ1n) is 5.48. The van der Waals surface area contributed by atoms with Crippen LogP contribution < -0.4 is 11.1 Å². The highest BCUT2D eigenvalue weighted by Crippen LogP contribution is 2.19. The Balaban J connectivity index is 2.85. The Kier molecular flexibility index (Phi) is 4.90. The van der Waals surface area contributed by atoms with Crippen LogP contribution in [0.2, 0.25) is 0 Å². The molecule has 1 aromatic rings. The van der Waals surface area contributed by atoms with Gasteiger partial charge >= 0.3 is 0 Å². The fourth-order valence-electron chi connectivity index (χ4n) is 1.32. The molecule has 19 heavy (non-hydrogen) atoms. The average molecular weight is 271 g/mol. The second-order valence-corrected chi connectivity index (χ2v) is 4.03. The lowest BCUT2D eigenvalue weighted by atomic mass is 10.1. The highest BCUT2D eigenvalue weighted by molar-refractivity contribution is 5.98. The molecule has 1 aromatic carbocycles. The van der Waals surface area contributed by atoms with Crippen molar-refractivity contribution in [2.75, 3.05) is 6.54 Å². The van der Waals surface area contributed by atoms with E-state index in [9.17, 15) is 19.3 Å². The Morgan fingerprint density at radius 3 is 2.79 bits per heavy atom. The van der Waals surface area contributed by atoms with Crippen LogP contribution in [0.5, 0.6) is 0 Å². The average Bonchev–Trinajstić information content (AvgIpc) is 2.35. The third kappa shape index (κ3) is 3.97. The Hall–Kier alpha value is -2.06. The molecule has 0 heterocycles. The number of aliphatic hydroxyl groups excluding tert-OH is 1. The number of aliphatic hydroxyl groups is 1. The van der Waals surface area contributed by atoms with Crippen LogP contribution >= 0.6 is 0 Å². The van der Waals surface area contributed by atoms with Crippen LogP contribution in [-0.2, 0) is 0 Å². The number of amides is 1. The van der Waals surface area contributed by atoms with E-state index in [1.165, 1.54) is 6.92 Å². The minimum Gasteiger partial charge on any atom is -0.392 e. The van der Waals surface area contributed by atoms with Crippen LogP contribution in [0.1, 0.15) is 17.3 Å². The maximum Gasteiger partial charge on any atom is 0.285 e. The predicted octanol–water partition coefficient (Wildman–Crippen LogP) is 0.172. The van der Waals surface area contributed by atoms with E-state index in [-0.39, 0.29) is 12.1 Å². The van der Waals surface area contributed by atoms with Crippen LogP contribution in [0.25, 0.3) is 0 Å². The van der Waals surface area contributed by atoms with E-state index >= 15 is 0 Å². The van der Waals surface area contributed by atoms with E-state index in [0.29, 0.717) is 6.07 Å². The molecule has 104 valence electrons. The number of nitro benzene ring substituents is 1. The number of nitrogens with zero attached hydrogens (tertiary/aromatic N) is 1. The van der Waals surface area contributed by atoms with Crippen molar-refractivity contribution < 1.29 is 19.2 Å². The predicted molar refractivity (Wildman–Crippen MR) is 65.0 cm³/mol. The van der Waals surface area contributed by atoms with Gasteiger partial charge in [-0.3, -0.25) is 14.9 Å². The minimum absolute atomic E-state index is 0.0506. The fourth-order valence-corrected chi connectivity index (χ4v) is 1.32. The number of hydrogen-bond acceptors (Lipinski definition) is 5. The Morgan fingerprint density at radius 1 is 1.63 bits per heavy atom. The van der Waals surface area contributed by atoms with Crippen LogP contribution in [-0.4, -0.2) is 34.6 Å². The molecule has 0 fully saturated rings. The van der Waals surface area contributed by atoms with Gasteiger partial charge in [0.25, 0.3) is 11.6 Å². The number of rotatable bonds is 5. The summed E-state index contributed by atoms with van der Waals surface area (Å²) in [5, 5.41) is 22.2. The Morgan fingerprint density at radius 2 is 2.26 bits per heavy atom. The summed E-state index contributed by atoms with van der Waals surface area (Å²) in [6.07, 6.45) is -0.830. The van der Waals surface area contributed by atoms with Crippen LogP contribution in [0.4, 0.5) is 10.1 Å². The van der Waals surface area contributed by atoms with Crippen molar-refractivity contribution >= 4 is 11.6 Å². The van der Waals surface area contributed by atoms with Gasteiger partial charge in [-0.1, -0.05) is 0 Å². The van der Waals surface area contributed by atoms with Crippen molar-refractivity contribution in [3.8, 4) is 0 Å². The van der Waals surface area contributed by atoms with Gasteiger partial charge in [0.2, 0.25) is 0 Å². The van der Waals surface area contributed by atoms with E-state index in [0.717, 1.165) is 12.1 Å². The molecular weight excluding hydrogens is 257 g/mol. The zero-order valence-electron chi connectivity index (χ0n) is 10.2. The molecule has 1 amide bonds. The van der Waals surface area contributed by atoms with E-state index in [4.69, 9.17) is 10.8 Å². The molecule has 7 nitrogen and oxygen atoms in total. The molecule has 2 atom stereocenters. The topological polar surface area (TPSA) is 118 Å². The van der Waals surface area contributed by atoms with Gasteiger partial charge in [0.15, 0.2) is 0 Å². The number of halogens is 1. The van der Waals surface area contributed by atoms with E-state index in [1.54, 1.807) is 0 Å². The molecular formula is C11H14FN3O4. The molecule has 0 saturated carbocycles. The van der Waals surface area contributed by atoms with Gasteiger partial charge in [0, 0.05) is 12.6 Å². The van der Waals surface area contributed by atoms with E-state index in [2.05, 4.69) is 5.32 Å². The van der Waals surface area contributed by atoms with Crippen LogP contribution in [0.3, 0.4) is 0 Å². The fraction of sp³-hybridized carbons (Fsp3) is 0.364. The molecule has 0 radical (unpaired) electrons. The first-order valence-corrected chi connectivity index (χ1v) is 5.48. The first-order chi connectivity index (χ1) is 8.82. The lowest BCUT2D eigenvalue weighted by Crippen LogP contribution is -2.43. The summed E-state index contributed by atoms with van der Waals surface area (Å²) in [5.41, 5.74) is 4.62. The van der Waals surface area contributed by atoms with Gasteiger partial charge in [0.05, 0.1) is 17.1 Å². The van der Waals surface area contributed by atoms with Gasteiger partial charge in [-0.05, 0) is 19.1 Å². The van der Waals surface area contributed by atoms with Crippen LogP contribution in [0, 0.1) is 15.9 Å². The number of carbonyl (C=O) groups is 1. The maximum absolute atomic E-state index is 12.9. The second-order valence-electron chi connectivity index (χ2n) is 4.03. The Bertz CT molecular complexity index is 493. The molecule has 0 aromatic heterocycles. The van der Waals surface area contributed by atoms with Crippen molar-refractivity contribution in [3.63, 3.8) is 0 Å². The molecule has 4 N–H and O–H groups in total. The normalized spacial score (nSPS) is 13.7. The molecule has 2 unspecified atom stereocenters. The SMILES string of the molecule is CC(O)C(N)CNC(=O)c1ccc(F)cc1[N+](=O)[O-]. The standard InChI is InChI=1S/C11H14FN3O4/c1-6(16)9(13)5-14-11(17)8-3-2-7(12)4-10(8)15(18)19/h2-4,6,9,16H,5,13H2,1H3,(H,14,17). The second kappa shape index (κ2) is 6.21. The molecule has 1 rings (SSSR count). The molecule has 0 bridgehead atoms. The number of nitro groups is 1. The molecule has 8 heteroatoms. The smallest absolute Gasteiger partial charge is 0.285 e. The van der Waals surface area contributed by atoms with Crippen molar-refractivity contribution in [1.29, 1.82) is 0 Å². The number of nitrogens with one attached hydrogen (secondary N) is 1. The van der Waals surface area contributed by atoms with E-state index in [1.807, 2.05) is 0 Å². The summed E-state index contributed by atoms with van der Waals surface area (Å²) in [6, 6.07) is 1.96. The van der Waals surface area contributed by atoms with Gasteiger partial charge in [-0.2, -0.15) is 0 Å². The summed E-state index contributed by atoms with van der Waals surface area (Å²) < 4.78 is 12.9. The van der Waals surface area contributed by atoms with Gasteiger partial charge in [-0.15, -0.1) is 0 Å². The number of hydrogen-bond donors (Lipinski definition) is 3. The molecule has 0 aliphatic rings. The van der Waals surface area contributed by atoms with Gasteiger partial charge in [0.1, 0.15) is 11.4 Å². The van der Waals surface area contributed by atoms with Gasteiger partial charge in [-0.25, -0.2) is 4.39 Å². The number of benzene rings is 1. The highest BCUT2D eigenvalue weighted by atomic mass is 19.1. The largest absolute Gasteiger partial charge is 0.392 e. The maximum atomic E-state index is 12.9. The third-order valence-electron chi connectivity index (χ3n) is 2.52. The highest BCUT2D eigenvalue weighted by Gasteiger charge is 2.21. The summed E-state index contributed by atoms with van der Waals surface area (Å²) in [6.45, 7) is 1.40. The van der Waals surface area contributed by atoms with Crippen molar-refractivity contribution in [3.05, 3.63) is 39.7 Å². The quantitative estimate of drug-likeness (QED) is 0.521. The summed E-state index contributed by atoms with van der Waals surface area (Å²) in [7, 11) is 0. The van der Waals surface area contributed by atoms with E-state index < -0.39 is 34.5 Å². The van der Waals surface area contributed by atoms with Crippen molar-refractivity contribution in [1.82, 2.24) is 5.32 Å². The number of nitrogens with two attached hydrogens (primary N) is 1. The zero-order chi connectivity index (χ0) is 14.6. The summed E-state index contributed by atoms with van der Waals surface area (Å²) in [5.74, 6) is -1.55. The number of carbonyl (C=O) groups excluding carboxylic acids is 1. The summed E-state index contributed by atoms with van der Waals surface area (Å²) >= 11 is 0. The molecule has 0 saturated heterocycles. The van der Waals surface area contributed by atoms with Crippen LogP contribution in [0.15, 0.2) is 18.2 Å². The first kappa shape index (κ1) is 15.0. The monoisotopic (exact) mass is 271 g/mol. The Labute approximate surface area is 108 Å². The minimum atomic E-state index is -0.841. The van der Waals surface area contributed by atoms with Crippen molar-refractivity contribution in [2.45, 2.75) is 19.1 Å². The molecule has 0 aliphatic heterocycles. The molecule has 0 aliphatic carbocycles. The summed E-state index contributed by atoms with van der Waals surface area (Å²) in [4.78, 5) is 21.6. The lowest BCUT2D eigenvalue weighted by molar-refractivity contribution is -0.385. The molecule has 0 spiro atoms. The van der Waals surface area contributed by atoms with Gasteiger partial charge < -0.3 is 16.2 Å². The van der Waals surface area contributed by atoms with Crippen molar-refractivity contribution in [2.24, 2.45) is 5.73 Å². The lowest BCUT2D eigenvalue weighted by Gasteiger charge is -2.15. The zero-order valence-corrected chi connectivity index (χ0v) is 10.2. The third-order valence-corrected chi connectivity index (χ3v) is 2.52.